The summed E-state index contributed by atoms with van der Waals surface area (Å²) >= 11 is 0. The van der Waals surface area contributed by atoms with Crippen molar-refractivity contribution in [1.29, 1.82) is 0 Å². The second-order valence-electron chi connectivity index (χ2n) is 7.97. The highest BCUT2D eigenvalue weighted by molar-refractivity contribution is 5.90. The smallest absolute Gasteiger partial charge is 0.326 e. The Bertz CT molecular complexity index is 1490. The summed E-state index contributed by atoms with van der Waals surface area (Å²) in [5.41, 5.74) is 1.97. The van der Waals surface area contributed by atoms with E-state index in [0.29, 0.717) is 35.5 Å². The van der Waals surface area contributed by atoms with Gasteiger partial charge in [-0.3, -0.25) is 18.7 Å². The fraction of sp³-hybridized carbons (Fsp3) is 0.318. The average Bonchev–Trinajstić information content (AvgIpc) is 3.33. The van der Waals surface area contributed by atoms with E-state index in [1.807, 2.05) is 19.9 Å². The molecule has 1 N–H and O–H groups in total. The number of aryl methyl sites for hydroxylation is 4. The van der Waals surface area contributed by atoms with Gasteiger partial charge in [-0.15, -0.1) is 0 Å². The van der Waals surface area contributed by atoms with Gasteiger partial charge in [0.25, 0.3) is 5.56 Å². The van der Waals surface area contributed by atoms with Gasteiger partial charge in [0.15, 0.2) is 17.0 Å². The van der Waals surface area contributed by atoms with Gasteiger partial charge in [-0.1, -0.05) is 0 Å². The van der Waals surface area contributed by atoms with Crippen LogP contribution < -0.4 is 16.6 Å². The Kier molecular flexibility index (Phi) is 5.71. The Morgan fingerprint density at radius 2 is 1.88 bits per heavy atom. The number of nitrogens with zero attached hydrogens (tertiary/aromatic N) is 6. The lowest BCUT2D eigenvalue weighted by molar-refractivity contribution is -0.116. The first-order valence-corrected chi connectivity index (χ1v) is 10.4. The topological polar surface area (TPSA) is 109 Å². The van der Waals surface area contributed by atoms with Crippen molar-refractivity contribution in [3.8, 4) is 5.69 Å². The molecule has 1 aromatic carbocycles. The fourth-order valence-corrected chi connectivity index (χ4v) is 3.83. The summed E-state index contributed by atoms with van der Waals surface area (Å²) in [7, 11) is 2.96. The molecule has 0 fully saturated rings. The maximum atomic E-state index is 14.6. The number of fused-ring (bicyclic) bond motifs is 1. The van der Waals surface area contributed by atoms with Crippen molar-refractivity contribution < 1.29 is 9.18 Å². The number of hydrogen-bond acceptors (Lipinski definition) is 5. The van der Waals surface area contributed by atoms with Gasteiger partial charge < -0.3 is 9.88 Å². The fourth-order valence-electron chi connectivity index (χ4n) is 3.83. The summed E-state index contributed by atoms with van der Waals surface area (Å²) in [4.78, 5) is 41.0. The molecule has 0 aliphatic carbocycles. The Hall–Kier alpha value is -4.02. The monoisotopic (exact) mass is 453 g/mol. The molecule has 0 radical (unpaired) electrons. The lowest BCUT2D eigenvalue weighted by Crippen LogP contribution is -2.37. The van der Waals surface area contributed by atoms with Crippen LogP contribution in [0.3, 0.4) is 0 Å². The summed E-state index contributed by atoms with van der Waals surface area (Å²) in [6.07, 6.45) is 2.07. The van der Waals surface area contributed by atoms with E-state index in [4.69, 9.17) is 0 Å². The van der Waals surface area contributed by atoms with Crippen LogP contribution in [0, 0.1) is 19.7 Å². The molecule has 0 saturated heterocycles. The van der Waals surface area contributed by atoms with Crippen molar-refractivity contribution in [1.82, 2.24) is 28.5 Å². The zero-order valence-corrected chi connectivity index (χ0v) is 18.8. The predicted molar refractivity (Wildman–Crippen MR) is 121 cm³/mol. The summed E-state index contributed by atoms with van der Waals surface area (Å²) < 4.78 is 20.1. The standard InChI is InChI=1S/C22H24FN7O3/c1-13-10-14(2)30(26-13)17-8-7-15(11-16(17)23)25-18(31)6-5-9-29-12-24-20-19(29)21(32)28(4)22(33)27(20)3/h7-8,10-12H,5-6,9H2,1-4H3,(H,25,31). The first-order chi connectivity index (χ1) is 15.7. The molecule has 1 amide bonds. The number of carbonyl (C=O) groups is 1. The van der Waals surface area contributed by atoms with E-state index in [1.54, 1.807) is 23.7 Å². The van der Waals surface area contributed by atoms with Crippen molar-refractivity contribution in [3.05, 3.63) is 68.6 Å². The minimum Gasteiger partial charge on any atom is -0.326 e. The lowest BCUT2D eigenvalue weighted by Gasteiger charge is -2.10. The highest BCUT2D eigenvalue weighted by Crippen LogP contribution is 2.20. The number of imidazole rings is 1. The molecule has 0 bridgehead atoms. The number of rotatable bonds is 6. The molecule has 4 rings (SSSR count). The summed E-state index contributed by atoms with van der Waals surface area (Å²) in [6, 6.07) is 6.31. The van der Waals surface area contributed by atoms with Gasteiger partial charge in [-0.25, -0.2) is 18.9 Å². The van der Waals surface area contributed by atoms with Gasteiger partial charge in [-0.05, 0) is 44.5 Å². The molecule has 0 saturated carbocycles. The molecule has 11 heteroatoms. The van der Waals surface area contributed by atoms with Crippen LogP contribution in [0.1, 0.15) is 24.2 Å². The van der Waals surface area contributed by atoms with Crippen LogP contribution in [-0.4, -0.2) is 34.4 Å². The minimum absolute atomic E-state index is 0.159. The third kappa shape index (κ3) is 4.09. The van der Waals surface area contributed by atoms with Crippen LogP contribution in [0.25, 0.3) is 16.9 Å². The van der Waals surface area contributed by atoms with Gasteiger partial charge in [0.05, 0.1) is 12.0 Å². The van der Waals surface area contributed by atoms with Crippen molar-refractivity contribution >= 4 is 22.8 Å². The van der Waals surface area contributed by atoms with Gasteiger partial charge >= 0.3 is 5.69 Å². The number of halogens is 1. The number of benzene rings is 1. The molecule has 4 aromatic rings. The molecule has 0 atom stereocenters. The van der Waals surface area contributed by atoms with E-state index >= 15 is 0 Å². The van der Waals surface area contributed by atoms with Crippen LogP contribution in [0.15, 0.2) is 40.2 Å². The Morgan fingerprint density at radius 3 is 2.55 bits per heavy atom. The molecule has 0 unspecified atom stereocenters. The Balaban J connectivity index is 1.41. The average molecular weight is 453 g/mol. The first-order valence-electron chi connectivity index (χ1n) is 10.4. The largest absolute Gasteiger partial charge is 0.332 e. The molecular formula is C22H24FN7O3. The normalized spacial score (nSPS) is 11.3. The van der Waals surface area contributed by atoms with Crippen molar-refractivity contribution in [2.24, 2.45) is 14.1 Å². The molecule has 10 nitrogen and oxygen atoms in total. The second kappa shape index (κ2) is 8.49. The van der Waals surface area contributed by atoms with E-state index in [-0.39, 0.29) is 12.3 Å². The van der Waals surface area contributed by atoms with Crippen LogP contribution >= 0.6 is 0 Å². The van der Waals surface area contributed by atoms with Gasteiger partial charge in [0.1, 0.15) is 5.69 Å². The van der Waals surface area contributed by atoms with Gasteiger partial charge in [0.2, 0.25) is 5.91 Å². The molecule has 0 spiro atoms. The van der Waals surface area contributed by atoms with Crippen molar-refractivity contribution in [2.75, 3.05) is 5.32 Å². The van der Waals surface area contributed by atoms with E-state index in [0.717, 1.165) is 16.0 Å². The Morgan fingerprint density at radius 1 is 1.12 bits per heavy atom. The minimum atomic E-state index is -0.495. The number of hydrogen-bond donors (Lipinski definition) is 1. The third-order valence-corrected chi connectivity index (χ3v) is 5.49. The van der Waals surface area contributed by atoms with Crippen LogP contribution in [-0.2, 0) is 25.4 Å². The summed E-state index contributed by atoms with van der Waals surface area (Å²) in [5, 5.41) is 6.97. The number of amides is 1. The van der Waals surface area contributed by atoms with Crippen LogP contribution in [0.2, 0.25) is 0 Å². The molecule has 3 aromatic heterocycles. The number of nitrogens with one attached hydrogen (secondary N) is 1. The van der Waals surface area contributed by atoms with E-state index in [9.17, 15) is 18.8 Å². The van der Waals surface area contributed by atoms with E-state index in [2.05, 4.69) is 15.4 Å². The third-order valence-electron chi connectivity index (χ3n) is 5.49. The van der Waals surface area contributed by atoms with Gasteiger partial charge in [0, 0.05) is 38.4 Å². The maximum absolute atomic E-state index is 14.6. The molecule has 172 valence electrons. The first kappa shape index (κ1) is 22.2. The SMILES string of the molecule is Cc1cc(C)n(-c2ccc(NC(=O)CCCn3cnc4c3c(=O)n(C)c(=O)n4C)cc2F)n1. The maximum Gasteiger partial charge on any atom is 0.332 e. The zero-order valence-electron chi connectivity index (χ0n) is 18.8. The van der Waals surface area contributed by atoms with Crippen molar-refractivity contribution in [2.45, 2.75) is 33.2 Å². The zero-order chi connectivity index (χ0) is 23.9. The quantitative estimate of drug-likeness (QED) is 0.479. The summed E-state index contributed by atoms with van der Waals surface area (Å²) in [5.74, 6) is -0.775. The molecule has 3 heterocycles. The lowest BCUT2D eigenvalue weighted by atomic mass is 10.2. The number of anilines is 1. The molecule has 33 heavy (non-hydrogen) atoms. The van der Waals surface area contributed by atoms with Crippen LogP contribution in [0.5, 0.6) is 0 Å². The predicted octanol–water partition coefficient (Wildman–Crippen LogP) is 1.79. The summed E-state index contributed by atoms with van der Waals surface area (Å²) in [6.45, 7) is 4.04. The molecular weight excluding hydrogens is 429 g/mol. The molecule has 0 aliphatic heterocycles. The number of aromatic nitrogens is 6. The highest BCUT2D eigenvalue weighted by atomic mass is 19.1. The van der Waals surface area contributed by atoms with E-state index in [1.165, 1.54) is 28.7 Å². The second-order valence-corrected chi connectivity index (χ2v) is 7.97. The highest BCUT2D eigenvalue weighted by Gasteiger charge is 2.15. The number of carbonyl (C=O) groups excluding carboxylic acids is 1. The van der Waals surface area contributed by atoms with Crippen molar-refractivity contribution in [3.63, 3.8) is 0 Å². The van der Waals surface area contributed by atoms with Gasteiger partial charge in [-0.2, -0.15) is 5.10 Å². The Labute approximate surface area is 187 Å². The van der Waals surface area contributed by atoms with E-state index < -0.39 is 17.1 Å². The molecule has 0 aliphatic rings. The van der Waals surface area contributed by atoms with Crippen LogP contribution in [0.4, 0.5) is 10.1 Å².